The SMILES string of the molecule is Cl.N[C@H](c1ccccc1CO)C1CC1. The lowest BCUT2D eigenvalue weighted by Crippen LogP contribution is -2.14. The molecule has 0 heterocycles. The molecular formula is C11H16ClNO. The van der Waals surface area contributed by atoms with Gasteiger partial charge in [0, 0.05) is 6.04 Å². The Morgan fingerprint density at radius 3 is 2.57 bits per heavy atom. The first-order valence-electron chi connectivity index (χ1n) is 4.77. The maximum absolute atomic E-state index is 9.11. The van der Waals surface area contributed by atoms with Gasteiger partial charge in [-0.15, -0.1) is 12.4 Å². The fourth-order valence-electron chi connectivity index (χ4n) is 1.71. The normalized spacial score (nSPS) is 17.3. The minimum atomic E-state index is 0. The molecule has 78 valence electrons. The van der Waals surface area contributed by atoms with E-state index in [1.165, 1.54) is 12.8 Å². The third-order valence-electron chi connectivity index (χ3n) is 2.71. The number of aliphatic hydroxyl groups excluding tert-OH is 1. The van der Waals surface area contributed by atoms with E-state index in [4.69, 9.17) is 10.8 Å². The van der Waals surface area contributed by atoms with E-state index in [-0.39, 0.29) is 25.1 Å². The van der Waals surface area contributed by atoms with Gasteiger partial charge in [-0.05, 0) is 29.9 Å². The van der Waals surface area contributed by atoms with Crippen molar-refractivity contribution in [3.63, 3.8) is 0 Å². The summed E-state index contributed by atoms with van der Waals surface area (Å²) in [5, 5.41) is 9.11. The number of benzene rings is 1. The second kappa shape index (κ2) is 4.78. The Morgan fingerprint density at radius 2 is 2.00 bits per heavy atom. The van der Waals surface area contributed by atoms with Crippen LogP contribution in [0.1, 0.15) is 30.0 Å². The van der Waals surface area contributed by atoms with Gasteiger partial charge >= 0.3 is 0 Å². The molecule has 0 radical (unpaired) electrons. The van der Waals surface area contributed by atoms with Crippen LogP contribution < -0.4 is 5.73 Å². The highest BCUT2D eigenvalue weighted by molar-refractivity contribution is 5.85. The van der Waals surface area contributed by atoms with Gasteiger partial charge in [-0.2, -0.15) is 0 Å². The van der Waals surface area contributed by atoms with Gasteiger partial charge in [-0.3, -0.25) is 0 Å². The molecule has 1 saturated carbocycles. The molecule has 0 aromatic heterocycles. The molecule has 0 aliphatic heterocycles. The van der Waals surface area contributed by atoms with Gasteiger partial charge in [-0.25, -0.2) is 0 Å². The first-order valence-corrected chi connectivity index (χ1v) is 4.77. The van der Waals surface area contributed by atoms with Crippen molar-refractivity contribution in [3.8, 4) is 0 Å². The molecule has 1 aliphatic carbocycles. The van der Waals surface area contributed by atoms with Crippen LogP contribution in [-0.4, -0.2) is 5.11 Å². The zero-order valence-electron chi connectivity index (χ0n) is 8.02. The van der Waals surface area contributed by atoms with Gasteiger partial charge in [-0.1, -0.05) is 24.3 Å². The lowest BCUT2D eigenvalue weighted by molar-refractivity contribution is 0.279. The van der Waals surface area contributed by atoms with Crippen LogP contribution in [0.3, 0.4) is 0 Å². The maximum atomic E-state index is 9.11. The van der Waals surface area contributed by atoms with Crippen molar-refractivity contribution >= 4 is 12.4 Å². The Hall–Kier alpha value is -0.570. The van der Waals surface area contributed by atoms with E-state index in [0.717, 1.165) is 11.1 Å². The Balaban J connectivity index is 0.000000980. The van der Waals surface area contributed by atoms with Crippen LogP contribution in [0, 0.1) is 5.92 Å². The maximum Gasteiger partial charge on any atom is 0.0685 e. The molecule has 1 aliphatic rings. The average molecular weight is 214 g/mol. The summed E-state index contributed by atoms with van der Waals surface area (Å²) in [7, 11) is 0. The summed E-state index contributed by atoms with van der Waals surface area (Å²) in [5.41, 5.74) is 8.16. The van der Waals surface area contributed by atoms with Crippen LogP contribution in [-0.2, 0) is 6.61 Å². The predicted octanol–water partition coefficient (Wildman–Crippen LogP) is 2.01. The van der Waals surface area contributed by atoms with Crippen molar-refractivity contribution in [3.05, 3.63) is 35.4 Å². The molecule has 1 aromatic carbocycles. The molecule has 1 atom stereocenters. The Bertz CT molecular complexity index is 299. The first kappa shape index (κ1) is 11.5. The molecule has 0 amide bonds. The largest absolute Gasteiger partial charge is 0.392 e. The van der Waals surface area contributed by atoms with Gasteiger partial charge < -0.3 is 10.8 Å². The first-order chi connectivity index (χ1) is 6.33. The van der Waals surface area contributed by atoms with Gasteiger partial charge in [0.15, 0.2) is 0 Å². The van der Waals surface area contributed by atoms with Crippen molar-refractivity contribution in [1.82, 2.24) is 0 Å². The summed E-state index contributed by atoms with van der Waals surface area (Å²) in [6.07, 6.45) is 2.47. The van der Waals surface area contributed by atoms with Crippen molar-refractivity contribution in [2.45, 2.75) is 25.5 Å². The predicted molar refractivity (Wildman–Crippen MR) is 59.3 cm³/mol. The second-order valence-corrected chi connectivity index (χ2v) is 3.72. The van der Waals surface area contributed by atoms with Gasteiger partial charge in [0.1, 0.15) is 0 Å². The zero-order chi connectivity index (χ0) is 9.26. The summed E-state index contributed by atoms with van der Waals surface area (Å²) < 4.78 is 0. The third-order valence-corrected chi connectivity index (χ3v) is 2.71. The molecule has 2 nitrogen and oxygen atoms in total. The van der Waals surface area contributed by atoms with Crippen molar-refractivity contribution in [1.29, 1.82) is 0 Å². The lowest BCUT2D eigenvalue weighted by Gasteiger charge is -2.14. The average Bonchev–Trinajstić information content (AvgIpc) is 3.00. The number of halogens is 1. The van der Waals surface area contributed by atoms with E-state index in [9.17, 15) is 0 Å². The smallest absolute Gasteiger partial charge is 0.0685 e. The minimum absolute atomic E-state index is 0. The molecule has 0 unspecified atom stereocenters. The number of rotatable bonds is 3. The van der Waals surface area contributed by atoms with E-state index in [1.807, 2.05) is 24.3 Å². The second-order valence-electron chi connectivity index (χ2n) is 3.72. The summed E-state index contributed by atoms with van der Waals surface area (Å²) in [6.45, 7) is 0.0938. The number of hydrogen-bond donors (Lipinski definition) is 2. The highest BCUT2D eigenvalue weighted by Crippen LogP contribution is 2.40. The van der Waals surface area contributed by atoms with Crippen LogP contribution in [0.4, 0.5) is 0 Å². The van der Waals surface area contributed by atoms with Crippen LogP contribution in [0.2, 0.25) is 0 Å². The van der Waals surface area contributed by atoms with E-state index in [1.54, 1.807) is 0 Å². The molecule has 0 spiro atoms. The molecule has 14 heavy (non-hydrogen) atoms. The summed E-state index contributed by atoms with van der Waals surface area (Å²) in [5.74, 6) is 0.646. The van der Waals surface area contributed by atoms with Crippen LogP contribution in [0.5, 0.6) is 0 Å². The molecule has 0 saturated heterocycles. The highest BCUT2D eigenvalue weighted by Gasteiger charge is 2.30. The quantitative estimate of drug-likeness (QED) is 0.807. The molecule has 3 N–H and O–H groups in total. The number of aliphatic hydroxyl groups is 1. The topological polar surface area (TPSA) is 46.2 Å². The molecule has 2 rings (SSSR count). The van der Waals surface area contributed by atoms with E-state index in [2.05, 4.69) is 0 Å². The van der Waals surface area contributed by atoms with Crippen LogP contribution in [0.25, 0.3) is 0 Å². The molecule has 1 fully saturated rings. The van der Waals surface area contributed by atoms with E-state index in [0.29, 0.717) is 5.92 Å². The zero-order valence-corrected chi connectivity index (χ0v) is 8.83. The monoisotopic (exact) mass is 213 g/mol. The van der Waals surface area contributed by atoms with E-state index < -0.39 is 0 Å². The van der Waals surface area contributed by atoms with Crippen molar-refractivity contribution < 1.29 is 5.11 Å². The number of hydrogen-bond acceptors (Lipinski definition) is 2. The minimum Gasteiger partial charge on any atom is -0.392 e. The van der Waals surface area contributed by atoms with Crippen LogP contribution >= 0.6 is 12.4 Å². The Morgan fingerprint density at radius 1 is 1.36 bits per heavy atom. The fourth-order valence-corrected chi connectivity index (χ4v) is 1.71. The van der Waals surface area contributed by atoms with Gasteiger partial charge in [0.05, 0.1) is 6.61 Å². The summed E-state index contributed by atoms with van der Waals surface area (Å²) >= 11 is 0. The molecule has 1 aromatic rings. The standard InChI is InChI=1S/C11H15NO.ClH/c12-11(8-5-6-8)10-4-2-1-3-9(10)7-13;/h1-4,8,11,13H,5-7,12H2;1H/t11-;/m0./s1. The third kappa shape index (κ3) is 2.27. The number of nitrogens with two attached hydrogens (primary N) is 1. The van der Waals surface area contributed by atoms with Gasteiger partial charge in [0.25, 0.3) is 0 Å². The molecule has 3 heteroatoms. The Labute approximate surface area is 90.5 Å². The van der Waals surface area contributed by atoms with E-state index >= 15 is 0 Å². The lowest BCUT2D eigenvalue weighted by atomic mass is 9.98. The van der Waals surface area contributed by atoms with Gasteiger partial charge in [0.2, 0.25) is 0 Å². The van der Waals surface area contributed by atoms with Crippen molar-refractivity contribution in [2.24, 2.45) is 11.7 Å². The molecular weight excluding hydrogens is 198 g/mol. The highest BCUT2D eigenvalue weighted by atomic mass is 35.5. The fraction of sp³-hybridized carbons (Fsp3) is 0.455. The summed E-state index contributed by atoms with van der Waals surface area (Å²) in [6, 6.07) is 8.01. The summed E-state index contributed by atoms with van der Waals surface area (Å²) in [4.78, 5) is 0. The Kier molecular flexibility index (Phi) is 3.93. The molecule has 0 bridgehead atoms. The van der Waals surface area contributed by atoms with Crippen molar-refractivity contribution in [2.75, 3.05) is 0 Å². The van der Waals surface area contributed by atoms with Crippen LogP contribution in [0.15, 0.2) is 24.3 Å².